The van der Waals surface area contributed by atoms with Gasteiger partial charge in [0.15, 0.2) is 0 Å². The van der Waals surface area contributed by atoms with Gasteiger partial charge in [-0.05, 0) is 36.6 Å². The van der Waals surface area contributed by atoms with E-state index in [1.165, 1.54) is 7.11 Å². The standard InChI is InChI=1S/C24H25NO4S/c1-18-13-15-21(16-14-18)30(27,28)25-23(20-11-7-4-8-12-20)22(24(26)29-2)17-19-9-5-3-6-10-19/h3-16,22-23,25H,17H2,1-2H3. The Kier molecular flexibility index (Phi) is 7.03. The normalized spacial score (nSPS) is 13.4. The summed E-state index contributed by atoms with van der Waals surface area (Å²) in [5.74, 6) is -1.21. The second-order valence-electron chi connectivity index (χ2n) is 7.14. The minimum atomic E-state index is -3.86. The molecule has 0 bridgehead atoms. The molecule has 0 saturated carbocycles. The van der Waals surface area contributed by atoms with Gasteiger partial charge in [0.1, 0.15) is 0 Å². The van der Waals surface area contributed by atoms with E-state index >= 15 is 0 Å². The number of carbonyl (C=O) groups is 1. The van der Waals surface area contributed by atoms with Crippen molar-refractivity contribution in [3.63, 3.8) is 0 Å². The molecular formula is C24H25NO4S. The summed E-state index contributed by atoms with van der Waals surface area (Å²) in [7, 11) is -2.54. The third-order valence-electron chi connectivity index (χ3n) is 4.98. The zero-order chi connectivity index (χ0) is 21.6. The van der Waals surface area contributed by atoms with E-state index in [2.05, 4.69) is 4.72 Å². The number of aryl methyl sites for hydroxylation is 1. The van der Waals surface area contributed by atoms with E-state index < -0.39 is 28.0 Å². The summed E-state index contributed by atoms with van der Waals surface area (Å²) >= 11 is 0. The maximum Gasteiger partial charge on any atom is 0.310 e. The SMILES string of the molecule is COC(=O)C(Cc1ccccc1)C(NS(=O)(=O)c1ccc(C)cc1)c1ccccc1. The van der Waals surface area contributed by atoms with Crippen LogP contribution < -0.4 is 4.72 Å². The van der Waals surface area contributed by atoms with Gasteiger partial charge in [-0.1, -0.05) is 78.4 Å². The molecule has 0 spiro atoms. The van der Waals surface area contributed by atoms with Gasteiger partial charge in [-0.3, -0.25) is 4.79 Å². The number of hydrogen-bond acceptors (Lipinski definition) is 4. The maximum atomic E-state index is 13.1. The van der Waals surface area contributed by atoms with Gasteiger partial charge in [-0.25, -0.2) is 13.1 Å². The molecular weight excluding hydrogens is 398 g/mol. The number of carbonyl (C=O) groups excluding carboxylic acids is 1. The predicted octanol–water partition coefficient (Wildman–Crippen LogP) is 4.05. The van der Waals surface area contributed by atoms with Crippen LogP contribution in [0.2, 0.25) is 0 Å². The zero-order valence-electron chi connectivity index (χ0n) is 17.0. The van der Waals surface area contributed by atoms with Crippen molar-refractivity contribution in [2.24, 2.45) is 5.92 Å². The van der Waals surface area contributed by atoms with Crippen molar-refractivity contribution in [2.45, 2.75) is 24.3 Å². The maximum absolute atomic E-state index is 13.1. The molecule has 0 aliphatic heterocycles. The van der Waals surface area contributed by atoms with Crippen molar-refractivity contribution in [3.8, 4) is 0 Å². The number of nitrogens with one attached hydrogen (secondary N) is 1. The molecule has 0 aliphatic rings. The third-order valence-corrected chi connectivity index (χ3v) is 6.43. The Balaban J connectivity index is 2.02. The molecule has 1 N–H and O–H groups in total. The van der Waals surface area contributed by atoms with Crippen LogP contribution in [0, 0.1) is 12.8 Å². The molecule has 0 aromatic heterocycles. The van der Waals surface area contributed by atoms with Crippen LogP contribution in [0.15, 0.2) is 89.8 Å². The molecule has 30 heavy (non-hydrogen) atoms. The van der Waals surface area contributed by atoms with Crippen molar-refractivity contribution in [1.29, 1.82) is 0 Å². The molecule has 6 heteroatoms. The van der Waals surface area contributed by atoms with E-state index in [1.807, 2.05) is 67.6 Å². The fraction of sp³-hybridized carbons (Fsp3) is 0.208. The lowest BCUT2D eigenvalue weighted by Gasteiger charge is -2.27. The molecule has 0 aliphatic carbocycles. The van der Waals surface area contributed by atoms with Crippen LogP contribution in [0.3, 0.4) is 0 Å². The van der Waals surface area contributed by atoms with Crippen LogP contribution in [-0.4, -0.2) is 21.5 Å². The fourth-order valence-corrected chi connectivity index (χ4v) is 4.62. The van der Waals surface area contributed by atoms with E-state index in [-0.39, 0.29) is 4.90 Å². The van der Waals surface area contributed by atoms with Gasteiger partial charge in [0.2, 0.25) is 10.0 Å². The van der Waals surface area contributed by atoms with Crippen LogP contribution in [0.4, 0.5) is 0 Å². The van der Waals surface area contributed by atoms with Gasteiger partial charge < -0.3 is 4.74 Å². The highest BCUT2D eigenvalue weighted by Crippen LogP contribution is 2.29. The minimum Gasteiger partial charge on any atom is -0.469 e. The molecule has 2 unspecified atom stereocenters. The van der Waals surface area contributed by atoms with Crippen LogP contribution in [0.1, 0.15) is 22.7 Å². The third kappa shape index (κ3) is 5.34. The Labute approximate surface area is 177 Å². The molecule has 3 aromatic rings. The average molecular weight is 424 g/mol. The molecule has 0 heterocycles. The highest BCUT2D eigenvalue weighted by Gasteiger charge is 2.34. The number of sulfonamides is 1. The Hall–Kier alpha value is -2.96. The Bertz CT molecular complexity index is 1070. The summed E-state index contributed by atoms with van der Waals surface area (Å²) in [5.41, 5.74) is 2.58. The van der Waals surface area contributed by atoms with Gasteiger partial charge in [-0.2, -0.15) is 0 Å². The molecule has 0 saturated heterocycles. The van der Waals surface area contributed by atoms with Gasteiger partial charge in [0, 0.05) is 0 Å². The summed E-state index contributed by atoms with van der Waals surface area (Å²) in [4.78, 5) is 12.9. The topological polar surface area (TPSA) is 72.5 Å². The summed E-state index contributed by atoms with van der Waals surface area (Å²) in [6.45, 7) is 1.89. The van der Waals surface area contributed by atoms with Crippen molar-refractivity contribution in [2.75, 3.05) is 7.11 Å². The Morgan fingerprint density at radius 3 is 2.03 bits per heavy atom. The molecule has 156 valence electrons. The number of esters is 1. The summed E-state index contributed by atoms with van der Waals surface area (Å²) in [6.07, 6.45) is 0.337. The summed E-state index contributed by atoms with van der Waals surface area (Å²) in [5, 5.41) is 0. The van der Waals surface area contributed by atoms with Crippen LogP contribution in [0.5, 0.6) is 0 Å². The average Bonchev–Trinajstić information content (AvgIpc) is 2.77. The Morgan fingerprint density at radius 1 is 0.900 bits per heavy atom. The van der Waals surface area contributed by atoms with Crippen LogP contribution >= 0.6 is 0 Å². The first-order valence-electron chi connectivity index (χ1n) is 9.66. The van der Waals surface area contributed by atoms with E-state index in [0.717, 1.165) is 11.1 Å². The van der Waals surface area contributed by atoms with Gasteiger partial charge in [0.05, 0.1) is 24.0 Å². The molecule has 3 aromatic carbocycles. The molecule has 3 rings (SSSR count). The molecule has 0 fully saturated rings. The molecule has 2 atom stereocenters. The van der Waals surface area contributed by atoms with Crippen molar-refractivity contribution < 1.29 is 17.9 Å². The zero-order valence-corrected chi connectivity index (χ0v) is 17.8. The Morgan fingerprint density at radius 2 is 1.47 bits per heavy atom. The molecule has 5 nitrogen and oxygen atoms in total. The summed E-state index contributed by atoms with van der Waals surface area (Å²) in [6, 6.07) is 24.4. The minimum absolute atomic E-state index is 0.150. The number of methoxy groups -OCH3 is 1. The fourth-order valence-electron chi connectivity index (χ4n) is 3.35. The first-order valence-corrected chi connectivity index (χ1v) is 11.1. The monoisotopic (exact) mass is 423 g/mol. The number of benzene rings is 3. The lowest BCUT2D eigenvalue weighted by molar-refractivity contribution is -0.146. The van der Waals surface area contributed by atoms with Crippen LogP contribution in [0.25, 0.3) is 0 Å². The van der Waals surface area contributed by atoms with E-state index in [9.17, 15) is 13.2 Å². The second kappa shape index (κ2) is 9.69. The largest absolute Gasteiger partial charge is 0.469 e. The van der Waals surface area contributed by atoms with Gasteiger partial charge in [0.25, 0.3) is 0 Å². The highest BCUT2D eigenvalue weighted by atomic mass is 32.2. The lowest BCUT2D eigenvalue weighted by Crippen LogP contribution is -2.38. The molecule has 0 radical (unpaired) electrons. The lowest BCUT2D eigenvalue weighted by atomic mass is 9.88. The van der Waals surface area contributed by atoms with Crippen molar-refractivity contribution >= 4 is 16.0 Å². The van der Waals surface area contributed by atoms with Gasteiger partial charge in [-0.15, -0.1) is 0 Å². The van der Waals surface area contributed by atoms with E-state index in [1.54, 1.807) is 24.3 Å². The van der Waals surface area contributed by atoms with Crippen LogP contribution in [-0.2, 0) is 26.0 Å². The number of ether oxygens (including phenoxy) is 1. The number of rotatable bonds is 8. The van der Waals surface area contributed by atoms with Crippen molar-refractivity contribution in [3.05, 3.63) is 102 Å². The first kappa shape index (κ1) is 21.7. The highest BCUT2D eigenvalue weighted by molar-refractivity contribution is 7.89. The summed E-state index contributed by atoms with van der Waals surface area (Å²) < 4.78 is 34.1. The number of hydrogen-bond donors (Lipinski definition) is 1. The van der Waals surface area contributed by atoms with E-state index in [4.69, 9.17) is 4.74 Å². The smallest absolute Gasteiger partial charge is 0.310 e. The van der Waals surface area contributed by atoms with Crippen molar-refractivity contribution in [1.82, 2.24) is 4.72 Å². The van der Waals surface area contributed by atoms with E-state index in [0.29, 0.717) is 12.0 Å². The quantitative estimate of drug-likeness (QED) is 0.555. The molecule has 0 amide bonds. The second-order valence-corrected chi connectivity index (χ2v) is 8.86. The predicted molar refractivity (Wildman–Crippen MR) is 116 cm³/mol. The first-order chi connectivity index (χ1) is 14.4. The van der Waals surface area contributed by atoms with Gasteiger partial charge >= 0.3 is 5.97 Å².